The SMILES string of the molecule is C[C@H]1C[C@H](N(C)C(=O)OC(C)(C)C)CCN1C(=O)OCc1ccccc1. The van der Waals surface area contributed by atoms with Crippen LogP contribution in [0.1, 0.15) is 46.1 Å². The zero-order chi connectivity index (χ0) is 19.3. The number of hydrogen-bond donors (Lipinski definition) is 0. The Morgan fingerprint density at radius 3 is 2.46 bits per heavy atom. The number of rotatable bonds is 3. The van der Waals surface area contributed by atoms with Gasteiger partial charge in [-0.3, -0.25) is 0 Å². The van der Waals surface area contributed by atoms with Crippen LogP contribution in [0.5, 0.6) is 0 Å². The molecule has 2 rings (SSSR count). The van der Waals surface area contributed by atoms with Crippen molar-refractivity contribution in [2.75, 3.05) is 13.6 Å². The second kappa shape index (κ2) is 8.43. The maximum Gasteiger partial charge on any atom is 0.410 e. The topological polar surface area (TPSA) is 59.1 Å². The molecule has 2 amide bonds. The lowest BCUT2D eigenvalue weighted by Gasteiger charge is -2.40. The van der Waals surface area contributed by atoms with Crippen molar-refractivity contribution in [2.45, 2.75) is 64.8 Å². The van der Waals surface area contributed by atoms with Gasteiger partial charge in [0.05, 0.1) is 0 Å². The van der Waals surface area contributed by atoms with Gasteiger partial charge in [-0.1, -0.05) is 30.3 Å². The molecule has 26 heavy (non-hydrogen) atoms. The molecule has 0 aromatic heterocycles. The van der Waals surface area contributed by atoms with E-state index in [0.717, 1.165) is 5.56 Å². The van der Waals surface area contributed by atoms with Gasteiger partial charge in [0.25, 0.3) is 0 Å². The molecule has 0 radical (unpaired) electrons. The maximum atomic E-state index is 12.4. The molecule has 2 atom stereocenters. The Balaban J connectivity index is 1.85. The van der Waals surface area contributed by atoms with E-state index in [-0.39, 0.29) is 30.9 Å². The Labute approximate surface area is 156 Å². The van der Waals surface area contributed by atoms with Gasteiger partial charge in [0, 0.05) is 25.7 Å². The highest BCUT2D eigenvalue weighted by Crippen LogP contribution is 2.23. The number of amides is 2. The number of nitrogens with zero attached hydrogens (tertiary/aromatic N) is 2. The molecule has 0 bridgehead atoms. The summed E-state index contributed by atoms with van der Waals surface area (Å²) in [5.41, 5.74) is 0.451. The van der Waals surface area contributed by atoms with Gasteiger partial charge < -0.3 is 19.3 Å². The summed E-state index contributed by atoms with van der Waals surface area (Å²) in [5.74, 6) is 0. The van der Waals surface area contributed by atoms with Crippen LogP contribution in [0.25, 0.3) is 0 Å². The van der Waals surface area contributed by atoms with Gasteiger partial charge in [-0.2, -0.15) is 0 Å². The summed E-state index contributed by atoms with van der Waals surface area (Å²) in [5, 5.41) is 0. The second-order valence-electron chi connectivity index (χ2n) is 7.85. The molecule has 1 aromatic rings. The van der Waals surface area contributed by atoms with E-state index in [4.69, 9.17) is 9.47 Å². The van der Waals surface area contributed by atoms with Crippen molar-refractivity contribution in [2.24, 2.45) is 0 Å². The molecule has 0 saturated carbocycles. The Kier molecular flexibility index (Phi) is 6.51. The average Bonchev–Trinajstić information content (AvgIpc) is 2.58. The Bertz CT molecular complexity index is 612. The van der Waals surface area contributed by atoms with Gasteiger partial charge in [-0.05, 0) is 46.1 Å². The first-order valence-corrected chi connectivity index (χ1v) is 9.10. The Hall–Kier alpha value is -2.24. The van der Waals surface area contributed by atoms with Crippen LogP contribution < -0.4 is 0 Å². The highest BCUT2D eigenvalue weighted by Gasteiger charge is 2.34. The minimum Gasteiger partial charge on any atom is -0.445 e. The fourth-order valence-corrected chi connectivity index (χ4v) is 3.06. The summed E-state index contributed by atoms with van der Waals surface area (Å²) in [6.45, 7) is 8.38. The lowest BCUT2D eigenvalue weighted by Crippen LogP contribution is -2.52. The van der Waals surface area contributed by atoms with Crippen LogP contribution in [0.4, 0.5) is 9.59 Å². The van der Waals surface area contributed by atoms with Crippen LogP contribution >= 0.6 is 0 Å². The first-order chi connectivity index (χ1) is 12.2. The molecule has 1 saturated heterocycles. The summed E-state index contributed by atoms with van der Waals surface area (Å²) in [6, 6.07) is 9.68. The number of hydrogen-bond acceptors (Lipinski definition) is 4. The van der Waals surface area contributed by atoms with Crippen LogP contribution in [-0.4, -0.2) is 53.3 Å². The first-order valence-electron chi connectivity index (χ1n) is 9.10. The molecular formula is C20H30N2O4. The zero-order valence-electron chi connectivity index (χ0n) is 16.4. The van der Waals surface area contributed by atoms with Crippen molar-refractivity contribution in [1.29, 1.82) is 0 Å². The monoisotopic (exact) mass is 362 g/mol. The van der Waals surface area contributed by atoms with E-state index in [2.05, 4.69) is 0 Å². The highest BCUT2D eigenvalue weighted by molar-refractivity contribution is 5.69. The molecule has 1 aromatic carbocycles. The van der Waals surface area contributed by atoms with E-state index in [1.165, 1.54) is 0 Å². The summed E-state index contributed by atoms with van der Waals surface area (Å²) in [4.78, 5) is 28.0. The maximum absolute atomic E-state index is 12.4. The zero-order valence-corrected chi connectivity index (χ0v) is 16.4. The highest BCUT2D eigenvalue weighted by atomic mass is 16.6. The first kappa shape index (κ1) is 20.1. The van der Waals surface area contributed by atoms with Gasteiger partial charge in [-0.25, -0.2) is 9.59 Å². The van der Waals surface area contributed by atoms with Crippen LogP contribution in [0.2, 0.25) is 0 Å². The normalized spacial score (nSPS) is 20.4. The quantitative estimate of drug-likeness (QED) is 0.814. The van der Waals surface area contributed by atoms with Gasteiger partial charge >= 0.3 is 12.2 Å². The third kappa shape index (κ3) is 5.64. The lowest BCUT2D eigenvalue weighted by atomic mass is 9.98. The Morgan fingerprint density at radius 1 is 1.23 bits per heavy atom. The summed E-state index contributed by atoms with van der Waals surface area (Å²) in [6.07, 6.45) is 0.783. The van der Waals surface area contributed by atoms with Crippen LogP contribution in [0.15, 0.2) is 30.3 Å². The molecule has 0 spiro atoms. The number of benzene rings is 1. The van der Waals surface area contributed by atoms with E-state index < -0.39 is 5.60 Å². The number of piperidine rings is 1. The molecule has 1 aliphatic heterocycles. The molecule has 0 unspecified atom stereocenters. The largest absolute Gasteiger partial charge is 0.445 e. The molecule has 1 heterocycles. The summed E-state index contributed by atoms with van der Waals surface area (Å²) < 4.78 is 10.9. The number of likely N-dealkylation sites (tertiary alicyclic amines) is 1. The van der Waals surface area contributed by atoms with Crippen LogP contribution in [0.3, 0.4) is 0 Å². The molecule has 6 heteroatoms. The van der Waals surface area contributed by atoms with Crippen molar-refractivity contribution >= 4 is 12.2 Å². The minimum atomic E-state index is -0.515. The average molecular weight is 362 g/mol. The fourth-order valence-electron chi connectivity index (χ4n) is 3.06. The van der Waals surface area contributed by atoms with Crippen molar-refractivity contribution in [3.8, 4) is 0 Å². The molecule has 1 fully saturated rings. The number of carbonyl (C=O) groups excluding carboxylic acids is 2. The van der Waals surface area contributed by atoms with E-state index in [0.29, 0.717) is 19.4 Å². The molecule has 6 nitrogen and oxygen atoms in total. The molecule has 1 aliphatic rings. The van der Waals surface area contributed by atoms with Crippen LogP contribution in [-0.2, 0) is 16.1 Å². The van der Waals surface area contributed by atoms with Gasteiger partial charge in [-0.15, -0.1) is 0 Å². The Morgan fingerprint density at radius 2 is 1.88 bits per heavy atom. The molecule has 0 aliphatic carbocycles. The minimum absolute atomic E-state index is 0.00177. The number of ether oxygens (including phenoxy) is 2. The van der Waals surface area contributed by atoms with Crippen molar-refractivity contribution in [3.63, 3.8) is 0 Å². The predicted molar refractivity (Wildman–Crippen MR) is 99.8 cm³/mol. The van der Waals surface area contributed by atoms with Gasteiger partial charge in [0.1, 0.15) is 12.2 Å². The molecule has 0 N–H and O–H groups in total. The van der Waals surface area contributed by atoms with Crippen molar-refractivity contribution in [3.05, 3.63) is 35.9 Å². The van der Waals surface area contributed by atoms with Gasteiger partial charge in [0.15, 0.2) is 0 Å². The van der Waals surface area contributed by atoms with Crippen molar-refractivity contribution < 1.29 is 19.1 Å². The van der Waals surface area contributed by atoms with Crippen LogP contribution in [0, 0.1) is 0 Å². The third-order valence-electron chi connectivity index (χ3n) is 4.52. The standard InChI is InChI=1S/C20H30N2O4/c1-15-13-17(21(5)18(23)26-20(2,3)4)11-12-22(15)19(24)25-14-16-9-7-6-8-10-16/h6-10,15,17H,11-14H2,1-5H3/t15-,17+/m0/s1. The van der Waals surface area contributed by atoms with Gasteiger partial charge in [0.2, 0.25) is 0 Å². The van der Waals surface area contributed by atoms with Crippen molar-refractivity contribution in [1.82, 2.24) is 9.80 Å². The predicted octanol–water partition coefficient (Wildman–Crippen LogP) is 4.04. The van der Waals surface area contributed by atoms with E-state index in [1.807, 2.05) is 58.0 Å². The summed E-state index contributed by atoms with van der Waals surface area (Å²) in [7, 11) is 1.76. The lowest BCUT2D eigenvalue weighted by molar-refractivity contribution is 0.00923. The summed E-state index contributed by atoms with van der Waals surface area (Å²) >= 11 is 0. The fraction of sp³-hybridized carbons (Fsp3) is 0.600. The molecular weight excluding hydrogens is 332 g/mol. The van der Waals surface area contributed by atoms with E-state index in [1.54, 1.807) is 16.8 Å². The number of carbonyl (C=O) groups is 2. The second-order valence-corrected chi connectivity index (χ2v) is 7.85. The third-order valence-corrected chi connectivity index (χ3v) is 4.52. The van der Waals surface area contributed by atoms with E-state index >= 15 is 0 Å². The smallest absolute Gasteiger partial charge is 0.410 e. The molecule has 144 valence electrons. The van der Waals surface area contributed by atoms with E-state index in [9.17, 15) is 9.59 Å².